The molecule has 3 N–H and O–H groups in total. The van der Waals surface area contributed by atoms with Gasteiger partial charge in [0.25, 0.3) is 0 Å². The highest BCUT2D eigenvalue weighted by Gasteiger charge is 2.51. The van der Waals surface area contributed by atoms with E-state index in [1.807, 2.05) is 0 Å². The monoisotopic (exact) mass is 184 g/mol. The summed E-state index contributed by atoms with van der Waals surface area (Å²) in [6.45, 7) is 3.00. The summed E-state index contributed by atoms with van der Waals surface area (Å²) in [7, 11) is 1.62. The number of hydrogen-bond acceptors (Lipinski definition) is 4. The Bertz CT molecular complexity index is 238. The minimum atomic E-state index is -1.49. The van der Waals surface area contributed by atoms with Crippen LogP contribution in [0.25, 0.3) is 0 Å². The van der Waals surface area contributed by atoms with Crippen LogP contribution >= 0.6 is 0 Å². The van der Waals surface area contributed by atoms with Crippen LogP contribution in [-0.2, 0) is 4.74 Å². The second-order valence-electron chi connectivity index (χ2n) is 3.18. The normalized spacial score (nSPS) is 44.4. The fourth-order valence-corrected chi connectivity index (χ4v) is 1.49. The summed E-state index contributed by atoms with van der Waals surface area (Å²) >= 11 is 0. The number of aliphatic hydroxyl groups is 3. The average molecular weight is 184 g/mol. The van der Waals surface area contributed by atoms with Crippen molar-refractivity contribution in [2.75, 3.05) is 6.61 Å². The van der Waals surface area contributed by atoms with Crippen LogP contribution in [0.3, 0.4) is 0 Å². The van der Waals surface area contributed by atoms with Crippen molar-refractivity contribution in [1.29, 1.82) is 0 Å². The molecule has 1 aliphatic rings. The van der Waals surface area contributed by atoms with Gasteiger partial charge in [0.15, 0.2) is 0 Å². The van der Waals surface area contributed by atoms with Gasteiger partial charge >= 0.3 is 0 Å². The molecule has 0 aromatic carbocycles. The molecule has 1 aliphatic heterocycles. The van der Waals surface area contributed by atoms with Crippen LogP contribution in [0, 0.1) is 0 Å². The third kappa shape index (κ3) is 1.57. The largest absolute Gasteiger partial charge is 0.394 e. The van der Waals surface area contributed by atoms with Crippen LogP contribution in [0.15, 0.2) is 18.4 Å². The first-order chi connectivity index (χ1) is 6.06. The Hall–Kier alpha value is -0.575. The quantitative estimate of drug-likeness (QED) is 0.335. The van der Waals surface area contributed by atoms with Crippen molar-refractivity contribution in [2.24, 2.45) is 0 Å². The molecule has 1 saturated heterocycles. The van der Waals surface area contributed by atoms with Gasteiger partial charge in [-0.3, -0.25) is 0 Å². The molecular weight excluding hydrogens is 171 g/mol. The van der Waals surface area contributed by atoms with E-state index in [0.717, 1.165) is 0 Å². The van der Waals surface area contributed by atoms with Crippen molar-refractivity contribution in [3.05, 3.63) is 18.4 Å². The molecule has 5 heteroatoms. The average Bonchev–Trinajstić information content (AvgIpc) is 2.31. The predicted molar refractivity (Wildman–Crippen MR) is 49.0 cm³/mol. The Morgan fingerprint density at radius 1 is 1.69 bits per heavy atom. The Morgan fingerprint density at radius 3 is 2.69 bits per heavy atom. The predicted octanol–water partition coefficient (Wildman–Crippen LogP) is -2.23. The van der Waals surface area contributed by atoms with Crippen molar-refractivity contribution in [3.8, 4) is 0 Å². The van der Waals surface area contributed by atoms with Gasteiger partial charge in [0.2, 0.25) is 0 Å². The van der Waals surface area contributed by atoms with E-state index in [0.29, 0.717) is 0 Å². The second-order valence-corrected chi connectivity index (χ2v) is 3.18. The molecule has 0 aliphatic carbocycles. The molecule has 0 aromatic heterocycles. The molecule has 1 rings (SSSR count). The summed E-state index contributed by atoms with van der Waals surface area (Å²) < 4.78 is 5.14. The van der Waals surface area contributed by atoms with E-state index in [1.54, 1.807) is 7.85 Å². The lowest BCUT2D eigenvalue weighted by atomic mass is 9.80. The molecule has 0 aromatic rings. The zero-order chi connectivity index (χ0) is 10.1. The number of aliphatic hydroxyl groups excluding tert-OH is 2. The van der Waals surface area contributed by atoms with Crippen molar-refractivity contribution >= 4 is 7.85 Å². The summed E-state index contributed by atoms with van der Waals surface area (Å²) in [5, 5.41) is 28.3. The summed E-state index contributed by atoms with van der Waals surface area (Å²) in [5.74, 6) is 0. The van der Waals surface area contributed by atoms with Crippen LogP contribution in [0.2, 0.25) is 0 Å². The summed E-state index contributed by atoms with van der Waals surface area (Å²) in [4.78, 5) is 0. The first-order valence-electron chi connectivity index (χ1n) is 4.10. The number of rotatable bonds is 2. The highest BCUT2D eigenvalue weighted by molar-refractivity contribution is 6.12. The Labute approximate surface area is 77.6 Å². The smallest absolute Gasteiger partial charge is 0.143 e. The fraction of sp³-hybridized carbons (Fsp3) is 0.625. The lowest BCUT2D eigenvalue weighted by molar-refractivity contribution is -0.0285. The lowest BCUT2D eigenvalue weighted by Crippen LogP contribution is -2.47. The molecular formula is C8H13BO4. The van der Waals surface area contributed by atoms with Gasteiger partial charge in [-0.15, -0.1) is 5.73 Å². The summed E-state index contributed by atoms with van der Waals surface area (Å²) in [6, 6.07) is -0.575. The highest BCUT2D eigenvalue weighted by Crippen LogP contribution is 2.30. The van der Waals surface area contributed by atoms with Gasteiger partial charge in [0.05, 0.1) is 12.6 Å². The van der Waals surface area contributed by atoms with Crippen molar-refractivity contribution in [1.82, 2.24) is 0 Å². The van der Waals surface area contributed by atoms with E-state index in [2.05, 4.69) is 12.3 Å². The first kappa shape index (κ1) is 10.5. The molecule has 1 unspecified atom stereocenters. The summed E-state index contributed by atoms with van der Waals surface area (Å²) in [5.41, 5.74) is 0.918. The molecule has 4 nitrogen and oxygen atoms in total. The Morgan fingerprint density at radius 2 is 2.31 bits per heavy atom. The maximum Gasteiger partial charge on any atom is 0.143 e. The van der Waals surface area contributed by atoms with Crippen molar-refractivity contribution < 1.29 is 20.1 Å². The van der Waals surface area contributed by atoms with Crippen LogP contribution in [0.4, 0.5) is 0 Å². The van der Waals surface area contributed by atoms with Gasteiger partial charge < -0.3 is 20.1 Å². The highest BCUT2D eigenvalue weighted by atomic mass is 16.6. The van der Waals surface area contributed by atoms with Gasteiger partial charge in [0.1, 0.15) is 25.7 Å². The van der Waals surface area contributed by atoms with Crippen molar-refractivity contribution in [2.45, 2.75) is 23.8 Å². The van der Waals surface area contributed by atoms with Crippen LogP contribution < -0.4 is 0 Å². The molecule has 0 amide bonds. The van der Waals surface area contributed by atoms with Crippen molar-refractivity contribution in [3.63, 3.8) is 0 Å². The third-order valence-corrected chi connectivity index (χ3v) is 2.37. The van der Waals surface area contributed by atoms with Crippen LogP contribution in [0.5, 0.6) is 0 Å². The third-order valence-electron chi connectivity index (χ3n) is 2.37. The number of hydrogen-bond donors (Lipinski definition) is 3. The zero-order valence-corrected chi connectivity index (χ0v) is 7.47. The van der Waals surface area contributed by atoms with E-state index in [1.165, 1.54) is 6.08 Å². The zero-order valence-electron chi connectivity index (χ0n) is 7.47. The van der Waals surface area contributed by atoms with Gasteiger partial charge in [-0.2, -0.15) is 0 Å². The van der Waals surface area contributed by atoms with E-state index in [-0.39, 0.29) is 6.61 Å². The molecule has 0 radical (unpaired) electrons. The molecule has 72 valence electrons. The van der Waals surface area contributed by atoms with E-state index < -0.39 is 23.8 Å². The van der Waals surface area contributed by atoms with Gasteiger partial charge in [-0.25, -0.2) is 0 Å². The van der Waals surface area contributed by atoms with Gasteiger partial charge in [-0.05, 0) is 6.08 Å². The Kier molecular flexibility index (Phi) is 2.96. The molecule has 1 fully saturated rings. The van der Waals surface area contributed by atoms with E-state index >= 15 is 0 Å². The van der Waals surface area contributed by atoms with Gasteiger partial charge in [-0.1, -0.05) is 6.58 Å². The maximum atomic E-state index is 9.89. The topological polar surface area (TPSA) is 69.9 Å². The lowest BCUT2D eigenvalue weighted by Gasteiger charge is -2.24. The van der Waals surface area contributed by atoms with Crippen LogP contribution in [-0.4, -0.2) is 53.6 Å². The van der Waals surface area contributed by atoms with E-state index in [9.17, 15) is 10.2 Å². The minimum Gasteiger partial charge on any atom is -0.394 e. The molecule has 4 atom stereocenters. The number of ether oxygens (including phenoxy) is 1. The molecule has 0 spiro atoms. The molecule has 1 heterocycles. The van der Waals surface area contributed by atoms with E-state index in [4.69, 9.17) is 9.84 Å². The molecule has 13 heavy (non-hydrogen) atoms. The molecule has 0 saturated carbocycles. The van der Waals surface area contributed by atoms with Gasteiger partial charge in [0, 0.05) is 0 Å². The minimum absolute atomic E-state index is 0.321. The fourth-order valence-electron chi connectivity index (χ4n) is 1.49. The first-order valence-corrected chi connectivity index (χ1v) is 4.10. The maximum absolute atomic E-state index is 9.89. The summed E-state index contributed by atoms with van der Waals surface area (Å²) in [6.07, 6.45) is -0.621. The standard InChI is InChI=1S/C8H13BO4/c1-2-3-8(12)6(11)5(4-10)13-7(8)9/h3,5-7,10-12H,1,4,9H2/t5-,6+,7-,8?/m1/s1. The Balaban J connectivity index is 2.91. The molecule has 0 bridgehead atoms. The SMILES string of the molecule is B[C@@H]1O[C@H](CO)[C@H](O)C1(O)C=C=C. The van der Waals surface area contributed by atoms with Crippen LogP contribution in [0.1, 0.15) is 0 Å². The second kappa shape index (κ2) is 3.66.